The number of nitrogens with two attached hydrogens (primary N) is 1. The van der Waals surface area contributed by atoms with E-state index in [9.17, 15) is 14.0 Å². The number of anilines is 1. The first kappa shape index (κ1) is 20.1. The molecule has 0 radical (unpaired) electrons. The normalized spacial score (nSPS) is 31.2. The highest BCUT2D eigenvalue weighted by Gasteiger charge is 2.39. The van der Waals surface area contributed by atoms with E-state index in [-0.39, 0.29) is 6.10 Å². The third-order valence-corrected chi connectivity index (χ3v) is 6.42. The first-order valence-corrected chi connectivity index (χ1v) is 10.3. The van der Waals surface area contributed by atoms with Gasteiger partial charge in [-0.1, -0.05) is 27.2 Å². The molecule has 2 N–H and O–H groups in total. The van der Waals surface area contributed by atoms with E-state index in [0.717, 1.165) is 30.0 Å². The average molecular weight is 399 g/mol. The lowest BCUT2D eigenvalue weighted by atomic mass is 9.75. The monoisotopic (exact) mass is 399 g/mol. The quantitative estimate of drug-likeness (QED) is 0.777. The Hall–Kier alpha value is -1.61. The van der Waals surface area contributed by atoms with Crippen LogP contribution < -0.4 is 11.4 Å². The average Bonchev–Trinajstić information content (AvgIpc) is 3.08. The number of thioether (sulfide) groups is 1. The summed E-state index contributed by atoms with van der Waals surface area (Å²) in [5.74, 6) is -0.0872. The van der Waals surface area contributed by atoms with Gasteiger partial charge in [-0.3, -0.25) is 4.57 Å². The van der Waals surface area contributed by atoms with Gasteiger partial charge in [0.25, 0.3) is 0 Å². The minimum Gasteiger partial charge on any atom is -0.459 e. The predicted molar refractivity (Wildman–Crippen MR) is 100 cm³/mol. The van der Waals surface area contributed by atoms with Gasteiger partial charge >= 0.3 is 11.7 Å². The van der Waals surface area contributed by atoms with Crippen LogP contribution in [0.4, 0.5) is 10.2 Å². The van der Waals surface area contributed by atoms with Gasteiger partial charge in [-0.05, 0) is 30.6 Å². The molecule has 1 saturated carbocycles. The summed E-state index contributed by atoms with van der Waals surface area (Å²) in [5.41, 5.74) is 3.74. The molecule has 1 aliphatic carbocycles. The van der Waals surface area contributed by atoms with E-state index in [4.69, 9.17) is 15.2 Å². The van der Waals surface area contributed by atoms with Crippen molar-refractivity contribution in [2.75, 3.05) is 11.5 Å². The number of nitrogens with zero attached hydrogens (tertiary/aromatic N) is 2. The second-order valence-corrected chi connectivity index (χ2v) is 8.82. The Kier molecular flexibility index (Phi) is 6.10. The number of esters is 1. The summed E-state index contributed by atoms with van der Waals surface area (Å²) >= 11 is 1.23. The number of aromatic nitrogens is 2. The lowest BCUT2D eigenvalue weighted by Crippen LogP contribution is -2.38. The number of ether oxygens (including phenoxy) is 2. The van der Waals surface area contributed by atoms with Crippen LogP contribution in [0, 0.1) is 23.6 Å². The molecule has 7 nitrogen and oxygen atoms in total. The van der Waals surface area contributed by atoms with Crippen LogP contribution in [0.25, 0.3) is 0 Å². The Morgan fingerprint density at radius 3 is 2.93 bits per heavy atom. The Morgan fingerprint density at radius 2 is 2.22 bits per heavy atom. The molecule has 1 aromatic heterocycles. The molecule has 3 rings (SSSR count). The Labute approximate surface area is 161 Å². The highest BCUT2D eigenvalue weighted by molar-refractivity contribution is 8.00. The minimum atomic E-state index is -0.840. The number of hydrogen-bond acceptors (Lipinski definition) is 7. The summed E-state index contributed by atoms with van der Waals surface area (Å²) in [4.78, 5) is 28.0. The molecule has 2 aliphatic rings. The lowest BCUT2D eigenvalue weighted by Gasteiger charge is -2.37. The molecule has 1 aliphatic heterocycles. The molecule has 2 unspecified atom stereocenters. The number of halogens is 1. The van der Waals surface area contributed by atoms with E-state index >= 15 is 0 Å². The third kappa shape index (κ3) is 4.45. The smallest absolute Gasteiger partial charge is 0.351 e. The largest absolute Gasteiger partial charge is 0.459 e. The van der Waals surface area contributed by atoms with Gasteiger partial charge in [0.15, 0.2) is 11.6 Å². The number of hydrogen-bond donors (Lipinski definition) is 1. The predicted octanol–water partition coefficient (Wildman–Crippen LogP) is 2.56. The van der Waals surface area contributed by atoms with E-state index in [1.165, 1.54) is 11.8 Å². The van der Waals surface area contributed by atoms with E-state index in [1.54, 1.807) is 0 Å². The van der Waals surface area contributed by atoms with Gasteiger partial charge in [0.05, 0.1) is 6.20 Å². The van der Waals surface area contributed by atoms with Crippen LogP contribution in [0.1, 0.15) is 46.3 Å². The van der Waals surface area contributed by atoms with Crippen LogP contribution in [-0.4, -0.2) is 32.8 Å². The van der Waals surface area contributed by atoms with Crippen molar-refractivity contribution in [1.82, 2.24) is 9.55 Å². The van der Waals surface area contributed by atoms with Gasteiger partial charge < -0.3 is 15.2 Å². The second-order valence-electron chi connectivity index (χ2n) is 7.72. The van der Waals surface area contributed by atoms with E-state index in [1.807, 2.05) is 0 Å². The molecule has 5 atom stereocenters. The Bertz CT molecular complexity index is 757. The minimum absolute atomic E-state index is 0.122. The van der Waals surface area contributed by atoms with Crippen molar-refractivity contribution < 1.29 is 18.7 Å². The fourth-order valence-electron chi connectivity index (χ4n) is 3.78. The zero-order chi connectivity index (χ0) is 19.7. The molecule has 0 bridgehead atoms. The van der Waals surface area contributed by atoms with Crippen molar-refractivity contribution in [2.45, 2.75) is 57.8 Å². The Morgan fingerprint density at radius 1 is 1.48 bits per heavy atom. The van der Waals surface area contributed by atoms with Gasteiger partial charge in [-0.2, -0.15) is 4.98 Å². The molecule has 150 valence electrons. The fraction of sp³-hybridized carbons (Fsp3) is 0.722. The number of rotatable bonds is 4. The zero-order valence-corrected chi connectivity index (χ0v) is 16.6. The fourth-order valence-corrected chi connectivity index (χ4v) is 4.76. The maximum absolute atomic E-state index is 13.6. The topological polar surface area (TPSA) is 96.4 Å². The summed E-state index contributed by atoms with van der Waals surface area (Å²) < 4.78 is 26.1. The van der Waals surface area contributed by atoms with Gasteiger partial charge in [-0.15, -0.1) is 11.8 Å². The number of nitrogen functional groups attached to an aromatic ring is 1. The maximum atomic E-state index is 13.6. The molecule has 1 aromatic rings. The summed E-state index contributed by atoms with van der Waals surface area (Å²) in [5, 5.41) is 0. The third-order valence-electron chi connectivity index (χ3n) is 5.34. The van der Waals surface area contributed by atoms with Gasteiger partial charge in [0, 0.05) is 5.75 Å². The van der Waals surface area contributed by atoms with Crippen molar-refractivity contribution >= 4 is 23.5 Å². The molecule has 9 heteroatoms. The highest BCUT2D eigenvalue weighted by Crippen LogP contribution is 2.37. The van der Waals surface area contributed by atoms with Crippen LogP contribution in [0.2, 0.25) is 0 Å². The SMILES string of the molecule is CC(C)C1CC[C@@H](C)CC1OC(=O)[C@H]1O[C@@H](n2cc(F)c(N)nc2=O)CS1. The maximum Gasteiger partial charge on any atom is 0.351 e. The lowest BCUT2D eigenvalue weighted by molar-refractivity contribution is -0.166. The summed E-state index contributed by atoms with van der Waals surface area (Å²) in [6.45, 7) is 6.46. The van der Waals surface area contributed by atoms with Crippen LogP contribution in [0.5, 0.6) is 0 Å². The van der Waals surface area contributed by atoms with Crippen LogP contribution in [0.3, 0.4) is 0 Å². The van der Waals surface area contributed by atoms with Crippen molar-refractivity contribution in [3.05, 3.63) is 22.5 Å². The van der Waals surface area contributed by atoms with E-state index in [2.05, 4.69) is 25.8 Å². The van der Waals surface area contributed by atoms with Crippen molar-refractivity contribution in [1.29, 1.82) is 0 Å². The Balaban J connectivity index is 1.65. The molecular formula is C18H26FN3O4S. The van der Waals surface area contributed by atoms with Crippen molar-refractivity contribution in [3.63, 3.8) is 0 Å². The molecule has 27 heavy (non-hydrogen) atoms. The molecule has 2 fully saturated rings. The first-order valence-electron chi connectivity index (χ1n) is 9.28. The van der Waals surface area contributed by atoms with Crippen molar-refractivity contribution in [2.24, 2.45) is 17.8 Å². The molecule has 0 amide bonds. The van der Waals surface area contributed by atoms with Gasteiger partial charge in [-0.25, -0.2) is 14.0 Å². The first-order chi connectivity index (χ1) is 12.8. The highest BCUT2D eigenvalue weighted by atomic mass is 32.2. The summed E-state index contributed by atoms with van der Waals surface area (Å²) in [6, 6.07) is 0. The van der Waals surface area contributed by atoms with Crippen LogP contribution in [-0.2, 0) is 14.3 Å². The molecule has 1 saturated heterocycles. The van der Waals surface area contributed by atoms with Crippen LogP contribution in [0.15, 0.2) is 11.0 Å². The van der Waals surface area contributed by atoms with E-state index < -0.39 is 35.0 Å². The number of carbonyl (C=O) groups excluding carboxylic acids is 1. The van der Waals surface area contributed by atoms with Gasteiger partial charge in [0.1, 0.15) is 12.3 Å². The molecular weight excluding hydrogens is 373 g/mol. The summed E-state index contributed by atoms with van der Waals surface area (Å²) in [6.07, 6.45) is 3.09. The standard InChI is InChI=1S/C18H26FN3O4S/c1-9(2)11-5-4-10(3)6-13(11)25-16(23)17-26-14(8-27-17)22-7-12(19)15(20)21-18(22)24/h7,9-11,13-14,17H,4-6,8H2,1-3H3,(H2,20,21,24)/t10-,11?,13?,14-,17+/m1/s1. The molecule has 0 aromatic carbocycles. The van der Waals surface area contributed by atoms with Crippen molar-refractivity contribution in [3.8, 4) is 0 Å². The molecule has 0 spiro atoms. The van der Waals surface area contributed by atoms with E-state index in [0.29, 0.717) is 23.5 Å². The zero-order valence-electron chi connectivity index (χ0n) is 15.8. The van der Waals surface area contributed by atoms with Gasteiger partial charge in [0.2, 0.25) is 5.44 Å². The second kappa shape index (κ2) is 8.18. The molecule has 2 heterocycles. The number of carbonyl (C=O) groups is 1. The van der Waals surface area contributed by atoms with Crippen LogP contribution >= 0.6 is 11.8 Å². The summed E-state index contributed by atoms with van der Waals surface area (Å²) in [7, 11) is 0.